The number of fused-ring (bicyclic) bond motifs is 4. The Kier molecular flexibility index (Phi) is 4.36. The molecule has 28 heavy (non-hydrogen) atoms. The van der Waals surface area contributed by atoms with Gasteiger partial charge in [-0.2, -0.15) is 0 Å². The van der Waals surface area contributed by atoms with E-state index in [1.807, 2.05) is 17.0 Å². The predicted octanol–water partition coefficient (Wildman–Crippen LogP) is 3.91. The Hall–Kier alpha value is -2.73. The van der Waals surface area contributed by atoms with Crippen LogP contribution in [-0.2, 0) is 10.3 Å². The number of hydrogen-bond donors (Lipinski definition) is 1. The molecular weight excluding hydrogens is 368 g/mol. The minimum absolute atomic E-state index is 0.104. The molecule has 3 aromatic rings. The van der Waals surface area contributed by atoms with Gasteiger partial charge >= 0.3 is 0 Å². The third-order valence-electron chi connectivity index (χ3n) is 5.76. The summed E-state index contributed by atoms with van der Waals surface area (Å²) in [4.78, 5) is 19.8. The molecule has 6 heteroatoms. The monoisotopic (exact) mass is 390 g/mol. The smallest absolute Gasteiger partial charge is 0.232 e. The Labute approximate surface area is 168 Å². The van der Waals surface area contributed by atoms with Crippen molar-refractivity contribution in [2.75, 3.05) is 24.2 Å². The minimum atomic E-state index is -0.104. The Bertz CT molecular complexity index is 993. The Morgan fingerprint density at radius 2 is 1.86 bits per heavy atom. The fourth-order valence-corrected chi connectivity index (χ4v) is 5.07. The van der Waals surface area contributed by atoms with Crippen molar-refractivity contribution in [1.82, 2.24) is 14.5 Å². The first kappa shape index (κ1) is 17.4. The fraction of sp³-hybridized carbons (Fsp3) is 0.273. The quantitative estimate of drug-likeness (QED) is 0.689. The number of aromatic nitrogens is 2. The van der Waals surface area contributed by atoms with Crippen LogP contribution in [0.2, 0.25) is 0 Å². The molecule has 1 amide bonds. The molecule has 2 aliphatic rings. The largest absolute Gasteiger partial charge is 0.372 e. The van der Waals surface area contributed by atoms with Crippen molar-refractivity contribution in [3.63, 3.8) is 0 Å². The van der Waals surface area contributed by atoms with Crippen molar-refractivity contribution < 1.29 is 4.79 Å². The highest BCUT2D eigenvalue weighted by Gasteiger charge is 2.42. The lowest BCUT2D eigenvalue weighted by Crippen LogP contribution is -2.51. The minimum Gasteiger partial charge on any atom is -0.372 e. The molecule has 2 aromatic heterocycles. The summed E-state index contributed by atoms with van der Waals surface area (Å²) >= 11 is 1.58. The van der Waals surface area contributed by atoms with Crippen LogP contribution in [-0.4, -0.2) is 39.2 Å². The normalized spacial score (nSPS) is 16.9. The number of likely N-dealkylation sites (tertiary alicyclic amines) is 1. The number of hydrogen-bond acceptors (Lipinski definition) is 4. The topological polar surface area (TPSA) is 50.2 Å². The molecule has 0 radical (unpaired) electrons. The average Bonchev–Trinajstić information content (AvgIpc) is 3.25. The van der Waals surface area contributed by atoms with Crippen molar-refractivity contribution in [3.8, 4) is 5.69 Å². The average molecular weight is 391 g/mol. The van der Waals surface area contributed by atoms with Crippen LogP contribution in [0.1, 0.15) is 18.5 Å². The first-order valence-electron chi connectivity index (χ1n) is 9.61. The van der Waals surface area contributed by atoms with Crippen LogP contribution in [0.4, 0.5) is 5.69 Å². The van der Waals surface area contributed by atoms with E-state index in [9.17, 15) is 4.79 Å². The third kappa shape index (κ3) is 2.98. The molecule has 1 aromatic carbocycles. The molecular formula is C22H22N4OS. The number of thioether (sulfide) groups is 1. The predicted molar refractivity (Wildman–Crippen MR) is 112 cm³/mol. The molecule has 0 bridgehead atoms. The van der Waals surface area contributed by atoms with Crippen LogP contribution in [0.25, 0.3) is 5.69 Å². The van der Waals surface area contributed by atoms with Crippen LogP contribution in [0.5, 0.6) is 0 Å². The number of nitrogens with one attached hydrogen (secondary N) is 1. The SMILES string of the molecule is O=C(CSc1ccncc1)N1CCC2(CC1)Nc1ccccc1-n1cccc12. The number of para-hydroxylation sites is 2. The highest BCUT2D eigenvalue weighted by atomic mass is 32.2. The molecule has 1 N–H and O–H groups in total. The lowest BCUT2D eigenvalue weighted by atomic mass is 9.82. The standard InChI is InChI=1S/C22H22N4OS/c27-21(16-28-17-7-11-23-12-8-17)25-14-9-22(10-15-25)20-6-3-13-26(20)19-5-2-1-4-18(19)24-22/h1-8,11-13,24H,9-10,14-16H2. The molecule has 0 unspecified atom stereocenters. The van der Waals surface area contributed by atoms with Crippen molar-refractivity contribution in [1.29, 1.82) is 0 Å². The summed E-state index contributed by atoms with van der Waals surface area (Å²) in [5.74, 6) is 0.687. The van der Waals surface area contributed by atoms with Gasteiger partial charge in [0.15, 0.2) is 0 Å². The fourth-order valence-electron chi connectivity index (χ4n) is 4.28. The number of rotatable bonds is 3. The van der Waals surface area contributed by atoms with E-state index in [4.69, 9.17) is 0 Å². The Balaban J connectivity index is 1.29. The number of benzene rings is 1. The molecule has 5 rings (SSSR count). The Morgan fingerprint density at radius 3 is 2.68 bits per heavy atom. The molecule has 1 fully saturated rings. The van der Waals surface area contributed by atoms with Crippen molar-refractivity contribution >= 4 is 23.4 Å². The van der Waals surface area contributed by atoms with Gasteiger partial charge in [0.2, 0.25) is 5.91 Å². The van der Waals surface area contributed by atoms with E-state index < -0.39 is 0 Å². The molecule has 1 saturated heterocycles. The zero-order valence-corrected chi connectivity index (χ0v) is 16.4. The third-order valence-corrected chi connectivity index (χ3v) is 6.76. The summed E-state index contributed by atoms with van der Waals surface area (Å²) in [6, 6.07) is 16.6. The lowest BCUT2D eigenvalue weighted by molar-refractivity contribution is -0.129. The second kappa shape index (κ2) is 7.02. The van der Waals surface area contributed by atoms with Crippen LogP contribution in [0.15, 0.2) is 72.0 Å². The molecule has 142 valence electrons. The number of pyridine rings is 1. The first-order valence-corrected chi connectivity index (χ1v) is 10.6. The van der Waals surface area contributed by atoms with Gasteiger partial charge in [0, 0.05) is 42.3 Å². The van der Waals surface area contributed by atoms with Crippen molar-refractivity contribution in [3.05, 3.63) is 72.8 Å². The van der Waals surface area contributed by atoms with E-state index in [0.717, 1.165) is 30.8 Å². The highest BCUT2D eigenvalue weighted by Crippen LogP contribution is 2.43. The Morgan fingerprint density at radius 1 is 1.07 bits per heavy atom. The van der Waals surface area contributed by atoms with Gasteiger partial charge in [-0.05, 0) is 49.2 Å². The number of amides is 1. The summed E-state index contributed by atoms with van der Waals surface area (Å²) in [7, 11) is 0. The maximum atomic E-state index is 12.7. The molecule has 4 heterocycles. The van der Waals surface area contributed by atoms with Gasteiger partial charge in [0.25, 0.3) is 0 Å². The van der Waals surface area contributed by atoms with Crippen LogP contribution in [0.3, 0.4) is 0 Å². The van der Waals surface area contributed by atoms with Crippen molar-refractivity contribution in [2.24, 2.45) is 0 Å². The molecule has 1 spiro atoms. The first-order chi connectivity index (χ1) is 13.8. The van der Waals surface area contributed by atoms with Gasteiger partial charge in [-0.1, -0.05) is 12.1 Å². The second-order valence-corrected chi connectivity index (χ2v) is 8.39. The summed E-state index contributed by atoms with van der Waals surface area (Å²) < 4.78 is 2.29. The van der Waals surface area contributed by atoms with Crippen molar-refractivity contribution in [2.45, 2.75) is 23.3 Å². The van der Waals surface area contributed by atoms with Gasteiger partial charge < -0.3 is 14.8 Å². The van der Waals surface area contributed by atoms with E-state index in [1.54, 1.807) is 24.2 Å². The number of carbonyl (C=O) groups excluding carboxylic acids is 1. The van der Waals surface area contributed by atoms with E-state index in [2.05, 4.69) is 57.5 Å². The van der Waals surface area contributed by atoms with Gasteiger partial charge in [-0.3, -0.25) is 9.78 Å². The van der Waals surface area contributed by atoms with E-state index in [0.29, 0.717) is 5.75 Å². The van der Waals surface area contributed by atoms with E-state index >= 15 is 0 Å². The summed E-state index contributed by atoms with van der Waals surface area (Å²) in [6.07, 6.45) is 7.49. The summed E-state index contributed by atoms with van der Waals surface area (Å²) in [5.41, 5.74) is 3.55. The zero-order valence-electron chi connectivity index (χ0n) is 15.5. The zero-order chi connectivity index (χ0) is 19.0. The van der Waals surface area contributed by atoms with E-state index in [-0.39, 0.29) is 11.4 Å². The highest BCUT2D eigenvalue weighted by molar-refractivity contribution is 8.00. The summed E-state index contributed by atoms with van der Waals surface area (Å²) in [6.45, 7) is 1.55. The molecule has 5 nitrogen and oxygen atoms in total. The van der Waals surface area contributed by atoms with Gasteiger partial charge in [-0.25, -0.2) is 0 Å². The molecule has 0 aliphatic carbocycles. The summed E-state index contributed by atoms with van der Waals surface area (Å²) in [5, 5.41) is 3.80. The van der Waals surface area contributed by atoms with Crippen LogP contribution < -0.4 is 5.32 Å². The van der Waals surface area contributed by atoms with Gasteiger partial charge in [0.1, 0.15) is 0 Å². The van der Waals surface area contributed by atoms with Gasteiger partial charge in [0.05, 0.1) is 22.7 Å². The number of nitrogens with zero attached hydrogens (tertiary/aromatic N) is 3. The number of carbonyl (C=O) groups is 1. The maximum absolute atomic E-state index is 12.7. The number of piperidine rings is 1. The molecule has 0 atom stereocenters. The van der Waals surface area contributed by atoms with Crippen LogP contribution in [0, 0.1) is 0 Å². The van der Waals surface area contributed by atoms with E-state index in [1.165, 1.54) is 17.1 Å². The molecule has 0 saturated carbocycles. The van der Waals surface area contributed by atoms with Gasteiger partial charge in [-0.15, -0.1) is 11.8 Å². The maximum Gasteiger partial charge on any atom is 0.232 e. The molecule has 2 aliphatic heterocycles. The second-order valence-electron chi connectivity index (χ2n) is 7.34. The lowest BCUT2D eigenvalue weighted by Gasteiger charge is -2.46. The van der Waals surface area contributed by atoms with Crippen LogP contribution >= 0.6 is 11.8 Å². The number of anilines is 1.